The first-order valence-corrected chi connectivity index (χ1v) is 9.67. The fourth-order valence-electron chi connectivity index (χ4n) is 3.28. The van der Waals surface area contributed by atoms with Crippen molar-refractivity contribution >= 4 is 5.96 Å². The molecule has 25 heavy (non-hydrogen) atoms. The normalized spacial score (nSPS) is 20.3. The summed E-state index contributed by atoms with van der Waals surface area (Å²) in [4.78, 5) is 7.41. The molecule has 1 unspecified atom stereocenters. The molecule has 1 atom stereocenters. The minimum atomic E-state index is 0.306. The highest BCUT2D eigenvalue weighted by Crippen LogP contribution is 2.27. The van der Waals surface area contributed by atoms with Gasteiger partial charge in [-0.05, 0) is 38.2 Å². The van der Waals surface area contributed by atoms with Crippen LogP contribution in [-0.2, 0) is 4.74 Å². The molecule has 1 heterocycles. The van der Waals surface area contributed by atoms with Crippen molar-refractivity contribution in [1.82, 2.24) is 15.5 Å². The summed E-state index contributed by atoms with van der Waals surface area (Å²) >= 11 is 0. The summed E-state index contributed by atoms with van der Waals surface area (Å²) in [6.45, 7) is 10.5. The lowest BCUT2D eigenvalue weighted by molar-refractivity contribution is 0.0179. The Morgan fingerprint density at radius 1 is 1.28 bits per heavy atom. The Balaban J connectivity index is 1.71. The molecule has 138 valence electrons. The topological polar surface area (TPSA) is 48.9 Å². The highest BCUT2D eigenvalue weighted by molar-refractivity contribution is 5.79. The van der Waals surface area contributed by atoms with E-state index in [2.05, 4.69) is 53.6 Å². The fourth-order valence-corrected chi connectivity index (χ4v) is 3.28. The predicted octanol–water partition coefficient (Wildman–Crippen LogP) is 2.33. The van der Waals surface area contributed by atoms with Crippen LogP contribution < -0.4 is 10.6 Å². The lowest BCUT2D eigenvalue weighted by atomic mass is 10.0. The number of hydrogen-bond acceptors (Lipinski definition) is 3. The molecule has 0 bridgehead atoms. The molecule has 5 nitrogen and oxygen atoms in total. The molecule has 0 spiro atoms. The zero-order chi connectivity index (χ0) is 17.5. The van der Waals surface area contributed by atoms with Gasteiger partial charge in [0, 0.05) is 26.2 Å². The van der Waals surface area contributed by atoms with E-state index in [1.807, 2.05) is 0 Å². The van der Waals surface area contributed by atoms with E-state index in [0.29, 0.717) is 6.04 Å². The van der Waals surface area contributed by atoms with Crippen LogP contribution in [0.5, 0.6) is 0 Å². The molecule has 2 N–H and O–H groups in total. The Kier molecular flexibility index (Phi) is 6.70. The SMILES string of the molecule is CCNC(=NCC(c1cccc(C)c1)N1CCOCC1)NCC1CC1. The zero-order valence-electron chi connectivity index (χ0n) is 15.6. The van der Waals surface area contributed by atoms with Gasteiger partial charge in [-0.25, -0.2) is 0 Å². The van der Waals surface area contributed by atoms with Gasteiger partial charge in [-0.15, -0.1) is 0 Å². The van der Waals surface area contributed by atoms with Gasteiger partial charge >= 0.3 is 0 Å². The molecule has 3 rings (SSSR count). The number of guanidine groups is 1. The third kappa shape index (κ3) is 5.72. The second-order valence-electron chi connectivity index (χ2n) is 7.12. The highest BCUT2D eigenvalue weighted by atomic mass is 16.5. The van der Waals surface area contributed by atoms with Crippen molar-refractivity contribution in [2.45, 2.75) is 32.7 Å². The molecule has 1 aliphatic carbocycles. The standard InChI is InChI=1S/C20H32N4O/c1-3-21-20(22-14-17-7-8-17)23-15-19(24-9-11-25-12-10-24)18-6-4-5-16(2)13-18/h4-6,13,17,19H,3,7-12,14-15H2,1-2H3,(H2,21,22,23). The number of benzene rings is 1. The molecule has 1 saturated carbocycles. The van der Waals surface area contributed by atoms with Crippen molar-refractivity contribution in [3.8, 4) is 0 Å². The lowest BCUT2D eigenvalue weighted by Crippen LogP contribution is -2.42. The predicted molar refractivity (Wildman–Crippen MR) is 103 cm³/mol. The molecular formula is C20H32N4O. The Bertz CT molecular complexity index is 565. The van der Waals surface area contributed by atoms with Crippen LogP contribution in [0.15, 0.2) is 29.3 Å². The summed E-state index contributed by atoms with van der Waals surface area (Å²) in [5.41, 5.74) is 2.65. The Hall–Kier alpha value is -1.59. The second kappa shape index (κ2) is 9.20. The number of aryl methyl sites for hydroxylation is 1. The van der Waals surface area contributed by atoms with Crippen molar-refractivity contribution in [3.63, 3.8) is 0 Å². The maximum Gasteiger partial charge on any atom is 0.191 e. The van der Waals surface area contributed by atoms with Gasteiger partial charge < -0.3 is 15.4 Å². The van der Waals surface area contributed by atoms with Crippen LogP contribution in [0.3, 0.4) is 0 Å². The third-order valence-corrected chi connectivity index (χ3v) is 4.94. The number of morpholine rings is 1. The maximum atomic E-state index is 5.54. The highest BCUT2D eigenvalue weighted by Gasteiger charge is 2.23. The Morgan fingerprint density at radius 2 is 2.08 bits per heavy atom. The van der Waals surface area contributed by atoms with Crippen LogP contribution in [0.4, 0.5) is 0 Å². The summed E-state index contributed by atoms with van der Waals surface area (Å²) in [6, 6.07) is 9.14. The summed E-state index contributed by atoms with van der Waals surface area (Å²) in [5.74, 6) is 1.79. The summed E-state index contributed by atoms with van der Waals surface area (Å²) in [6.07, 6.45) is 2.71. The molecule has 2 aliphatic rings. The molecule has 1 aromatic rings. The van der Waals surface area contributed by atoms with E-state index in [1.54, 1.807) is 0 Å². The van der Waals surface area contributed by atoms with E-state index in [0.717, 1.165) is 57.8 Å². The van der Waals surface area contributed by atoms with Crippen LogP contribution >= 0.6 is 0 Å². The van der Waals surface area contributed by atoms with Gasteiger partial charge in [0.05, 0.1) is 25.8 Å². The van der Waals surface area contributed by atoms with Crippen LogP contribution in [-0.4, -0.2) is 56.8 Å². The van der Waals surface area contributed by atoms with Crippen LogP contribution in [0.2, 0.25) is 0 Å². The van der Waals surface area contributed by atoms with Crippen molar-refractivity contribution in [1.29, 1.82) is 0 Å². The van der Waals surface area contributed by atoms with E-state index >= 15 is 0 Å². The minimum absolute atomic E-state index is 0.306. The first-order valence-electron chi connectivity index (χ1n) is 9.67. The Labute approximate surface area is 151 Å². The largest absolute Gasteiger partial charge is 0.379 e. The molecule has 0 aromatic heterocycles. The number of ether oxygens (including phenoxy) is 1. The lowest BCUT2D eigenvalue weighted by Gasteiger charge is -2.34. The molecule has 0 amide bonds. The molecule has 1 saturated heterocycles. The van der Waals surface area contributed by atoms with Gasteiger partial charge in [0.2, 0.25) is 0 Å². The number of nitrogens with zero attached hydrogens (tertiary/aromatic N) is 2. The third-order valence-electron chi connectivity index (χ3n) is 4.94. The summed E-state index contributed by atoms with van der Waals surface area (Å²) < 4.78 is 5.54. The van der Waals surface area contributed by atoms with Gasteiger partial charge in [0.15, 0.2) is 5.96 Å². The Morgan fingerprint density at radius 3 is 2.76 bits per heavy atom. The van der Waals surface area contributed by atoms with Gasteiger partial charge in [-0.3, -0.25) is 9.89 Å². The fraction of sp³-hybridized carbons (Fsp3) is 0.650. The maximum absolute atomic E-state index is 5.54. The van der Waals surface area contributed by atoms with E-state index in [4.69, 9.17) is 9.73 Å². The molecule has 5 heteroatoms. The summed E-state index contributed by atoms with van der Waals surface area (Å²) in [7, 11) is 0. The average Bonchev–Trinajstić information content (AvgIpc) is 3.45. The van der Waals surface area contributed by atoms with Crippen LogP contribution in [0.1, 0.15) is 36.9 Å². The molecule has 2 fully saturated rings. The molecule has 1 aliphatic heterocycles. The van der Waals surface area contributed by atoms with E-state index < -0.39 is 0 Å². The average molecular weight is 345 g/mol. The van der Waals surface area contributed by atoms with Crippen molar-refractivity contribution in [2.24, 2.45) is 10.9 Å². The van der Waals surface area contributed by atoms with Crippen LogP contribution in [0.25, 0.3) is 0 Å². The van der Waals surface area contributed by atoms with Gasteiger partial charge in [0.1, 0.15) is 0 Å². The van der Waals surface area contributed by atoms with E-state index in [9.17, 15) is 0 Å². The van der Waals surface area contributed by atoms with Gasteiger partial charge in [0.25, 0.3) is 0 Å². The minimum Gasteiger partial charge on any atom is -0.379 e. The van der Waals surface area contributed by atoms with E-state index in [-0.39, 0.29) is 0 Å². The quantitative estimate of drug-likeness (QED) is 0.589. The smallest absolute Gasteiger partial charge is 0.191 e. The zero-order valence-corrected chi connectivity index (χ0v) is 15.6. The second-order valence-corrected chi connectivity index (χ2v) is 7.12. The number of aliphatic imine (C=N–C) groups is 1. The van der Waals surface area contributed by atoms with Gasteiger partial charge in [-0.1, -0.05) is 29.8 Å². The van der Waals surface area contributed by atoms with Crippen molar-refractivity contribution in [3.05, 3.63) is 35.4 Å². The van der Waals surface area contributed by atoms with Crippen molar-refractivity contribution < 1.29 is 4.74 Å². The number of hydrogen-bond donors (Lipinski definition) is 2. The van der Waals surface area contributed by atoms with Crippen LogP contribution in [0, 0.1) is 12.8 Å². The molecule has 0 radical (unpaired) electrons. The van der Waals surface area contributed by atoms with Gasteiger partial charge in [-0.2, -0.15) is 0 Å². The first-order chi connectivity index (χ1) is 12.3. The summed E-state index contributed by atoms with van der Waals surface area (Å²) in [5, 5.41) is 6.88. The molecule has 1 aromatic carbocycles. The number of nitrogens with one attached hydrogen (secondary N) is 2. The van der Waals surface area contributed by atoms with Crippen molar-refractivity contribution in [2.75, 3.05) is 45.9 Å². The monoisotopic (exact) mass is 344 g/mol. The molecular weight excluding hydrogens is 312 g/mol. The van der Waals surface area contributed by atoms with E-state index in [1.165, 1.54) is 24.0 Å². The first kappa shape index (κ1) is 18.2. The number of rotatable bonds is 7.